The Kier molecular flexibility index (Phi) is 7.50. The number of rotatable bonds is 7. The minimum atomic E-state index is -0.109. The summed E-state index contributed by atoms with van der Waals surface area (Å²) in [6.07, 6.45) is 6.00. The summed E-state index contributed by atoms with van der Waals surface area (Å²) in [7, 11) is 0. The zero-order chi connectivity index (χ0) is 21.5. The Morgan fingerprint density at radius 1 is 1.00 bits per heavy atom. The third-order valence-electron chi connectivity index (χ3n) is 5.84. The van der Waals surface area contributed by atoms with Crippen molar-refractivity contribution in [1.82, 2.24) is 5.32 Å². The number of hydrogen-bond acceptors (Lipinski definition) is 3. The number of carbonyl (C=O) groups is 2. The van der Waals surface area contributed by atoms with Gasteiger partial charge in [0, 0.05) is 17.3 Å². The summed E-state index contributed by atoms with van der Waals surface area (Å²) < 4.78 is 5.77. The molecular formula is C25H32N2O3. The highest BCUT2D eigenvalue weighted by atomic mass is 16.5. The van der Waals surface area contributed by atoms with Crippen LogP contribution in [-0.2, 0) is 4.79 Å². The van der Waals surface area contributed by atoms with Gasteiger partial charge in [0.05, 0.1) is 13.0 Å². The van der Waals surface area contributed by atoms with E-state index in [1.807, 2.05) is 45.0 Å². The second-order valence-corrected chi connectivity index (χ2v) is 8.18. The molecule has 0 unspecified atom stereocenters. The van der Waals surface area contributed by atoms with Crippen molar-refractivity contribution in [3.63, 3.8) is 0 Å². The van der Waals surface area contributed by atoms with Gasteiger partial charge < -0.3 is 15.4 Å². The van der Waals surface area contributed by atoms with Crippen molar-refractivity contribution in [2.24, 2.45) is 0 Å². The van der Waals surface area contributed by atoms with E-state index in [4.69, 9.17) is 4.74 Å². The first-order valence-electron chi connectivity index (χ1n) is 10.8. The maximum absolute atomic E-state index is 12.5. The topological polar surface area (TPSA) is 67.4 Å². The van der Waals surface area contributed by atoms with Crippen LogP contribution in [0.3, 0.4) is 0 Å². The van der Waals surface area contributed by atoms with Crippen LogP contribution in [-0.4, -0.2) is 24.5 Å². The first-order valence-corrected chi connectivity index (χ1v) is 10.8. The molecule has 2 amide bonds. The van der Waals surface area contributed by atoms with Crippen molar-refractivity contribution in [1.29, 1.82) is 0 Å². The van der Waals surface area contributed by atoms with Gasteiger partial charge in [-0.05, 0) is 74.6 Å². The largest absolute Gasteiger partial charge is 0.493 e. The fraction of sp³-hybridized carbons (Fsp3) is 0.440. The van der Waals surface area contributed by atoms with Gasteiger partial charge in [-0.2, -0.15) is 0 Å². The molecule has 5 heteroatoms. The molecule has 160 valence electrons. The van der Waals surface area contributed by atoms with Crippen LogP contribution in [0.1, 0.15) is 65.6 Å². The molecule has 2 aromatic rings. The molecule has 0 saturated heterocycles. The second kappa shape index (κ2) is 10.3. The smallest absolute Gasteiger partial charge is 0.251 e. The zero-order valence-corrected chi connectivity index (χ0v) is 18.2. The van der Waals surface area contributed by atoms with E-state index in [1.165, 1.54) is 24.8 Å². The van der Waals surface area contributed by atoms with Gasteiger partial charge >= 0.3 is 0 Å². The monoisotopic (exact) mass is 408 g/mol. The highest BCUT2D eigenvalue weighted by Crippen LogP contribution is 2.22. The van der Waals surface area contributed by atoms with Crippen LogP contribution in [0.2, 0.25) is 0 Å². The fourth-order valence-electron chi connectivity index (χ4n) is 3.81. The van der Waals surface area contributed by atoms with E-state index in [9.17, 15) is 9.59 Å². The molecule has 1 aliphatic carbocycles. The van der Waals surface area contributed by atoms with Crippen molar-refractivity contribution < 1.29 is 14.3 Å². The summed E-state index contributed by atoms with van der Waals surface area (Å²) in [4.78, 5) is 24.8. The summed E-state index contributed by atoms with van der Waals surface area (Å²) in [5.41, 5.74) is 4.49. The van der Waals surface area contributed by atoms with Crippen LogP contribution in [0, 0.1) is 20.8 Å². The molecule has 1 fully saturated rings. The van der Waals surface area contributed by atoms with Crippen LogP contribution in [0.15, 0.2) is 36.4 Å². The van der Waals surface area contributed by atoms with Gasteiger partial charge in [-0.3, -0.25) is 9.59 Å². The van der Waals surface area contributed by atoms with Crippen LogP contribution in [0.25, 0.3) is 0 Å². The molecule has 0 aromatic heterocycles. The number of nitrogens with one attached hydrogen (secondary N) is 2. The third kappa shape index (κ3) is 5.85. The molecule has 30 heavy (non-hydrogen) atoms. The minimum Gasteiger partial charge on any atom is -0.493 e. The fourth-order valence-corrected chi connectivity index (χ4v) is 3.81. The number of amides is 2. The standard InChI is InChI=1S/C25H32N2O3/c1-17-8-7-11-23(19(17)3)30-15-14-24(28)27-22-13-12-20(16-18(22)2)25(29)26-21-9-5-4-6-10-21/h7-8,11-13,16,21H,4-6,9-10,14-15H2,1-3H3,(H,26,29)(H,27,28). The van der Waals surface area contributed by atoms with Gasteiger partial charge in [-0.25, -0.2) is 0 Å². The number of benzene rings is 2. The van der Waals surface area contributed by atoms with E-state index in [2.05, 4.69) is 10.6 Å². The quantitative estimate of drug-likeness (QED) is 0.671. The number of hydrogen-bond donors (Lipinski definition) is 2. The number of carbonyl (C=O) groups excluding carboxylic acids is 2. The molecule has 3 rings (SSSR count). The van der Waals surface area contributed by atoms with E-state index in [0.29, 0.717) is 12.2 Å². The lowest BCUT2D eigenvalue weighted by Gasteiger charge is -2.23. The van der Waals surface area contributed by atoms with Gasteiger partial charge in [0.25, 0.3) is 5.91 Å². The highest BCUT2D eigenvalue weighted by Gasteiger charge is 2.17. The molecule has 0 spiro atoms. The third-order valence-corrected chi connectivity index (χ3v) is 5.84. The first-order chi connectivity index (χ1) is 14.4. The maximum Gasteiger partial charge on any atom is 0.251 e. The second-order valence-electron chi connectivity index (χ2n) is 8.18. The van der Waals surface area contributed by atoms with Crippen LogP contribution < -0.4 is 15.4 Å². The molecule has 5 nitrogen and oxygen atoms in total. The Balaban J connectivity index is 1.50. The van der Waals surface area contributed by atoms with Crippen molar-refractivity contribution in [3.05, 3.63) is 58.7 Å². The number of ether oxygens (including phenoxy) is 1. The summed E-state index contributed by atoms with van der Waals surface area (Å²) in [5, 5.41) is 6.05. The van der Waals surface area contributed by atoms with E-state index >= 15 is 0 Å². The van der Waals surface area contributed by atoms with Crippen molar-refractivity contribution in [2.75, 3.05) is 11.9 Å². The summed E-state index contributed by atoms with van der Waals surface area (Å²) >= 11 is 0. The summed E-state index contributed by atoms with van der Waals surface area (Å²) in [5.74, 6) is 0.667. The normalized spacial score (nSPS) is 14.2. The predicted octanol–water partition coefficient (Wildman–Crippen LogP) is 5.08. The molecule has 0 aliphatic heterocycles. The molecular weight excluding hydrogens is 376 g/mol. The molecule has 2 aromatic carbocycles. The molecule has 1 saturated carbocycles. The number of anilines is 1. The summed E-state index contributed by atoms with van der Waals surface area (Å²) in [6, 6.07) is 11.6. The molecule has 0 radical (unpaired) electrons. The average molecular weight is 409 g/mol. The van der Waals surface area contributed by atoms with Gasteiger partial charge in [0.1, 0.15) is 5.75 Å². The first kappa shape index (κ1) is 21.9. The van der Waals surface area contributed by atoms with Gasteiger partial charge in [0.15, 0.2) is 0 Å². The van der Waals surface area contributed by atoms with Crippen molar-refractivity contribution in [3.8, 4) is 5.75 Å². The van der Waals surface area contributed by atoms with E-state index in [0.717, 1.165) is 35.4 Å². The van der Waals surface area contributed by atoms with Crippen LogP contribution in [0.4, 0.5) is 5.69 Å². The van der Waals surface area contributed by atoms with E-state index < -0.39 is 0 Å². The Hall–Kier alpha value is -2.82. The van der Waals surface area contributed by atoms with Crippen molar-refractivity contribution >= 4 is 17.5 Å². The Morgan fingerprint density at radius 3 is 2.50 bits per heavy atom. The molecule has 2 N–H and O–H groups in total. The molecule has 1 aliphatic rings. The van der Waals surface area contributed by atoms with E-state index in [1.54, 1.807) is 12.1 Å². The van der Waals surface area contributed by atoms with Crippen LogP contribution in [0.5, 0.6) is 5.75 Å². The lowest BCUT2D eigenvalue weighted by atomic mass is 9.95. The Labute approximate surface area is 179 Å². The lowest BCUT2D eigenvalue weighted by Crippen LogP contribution is -2.36. The maximum atomic E-state index is 12.5. The summed E-state index contributed by atoms with van der Waals surface area (Å²) in [6.45, 7) is 6.27. The molecule has 0 bridgehead atoms. The SMILES string of the molecule is Cc1cc(C(=O)NC2CCCCC2)ccc1NC(=O)CCOc1cccc(C)c1C. The minimum absolute atomic E-state index is 0.0372. The van der Waals surface area contributed by atoms with Crippen LogP contribution >= 0.6 is 0 Å². The number of aryl methyl sites for hydroxylation is 2. The van der Waals surface area contributed by atoms with Crippen molar-refractivity contribution in [2.45, 2.75) is 65.3 Å². The molecule has 0 heterocycles. The highest BCUT2D eigenvalue weighted by molar-refractivity contribution is 5.96. The zero-order valence-electron chi connectivity index (χ0n) is 18.2. The Bertz CT molecular complexity index is 901. The molecule has 0 atom stereocenters. The van der Waals surface area contributed by atoms with E-state index in [-0.39, 0.29) is 24.3 Å². The Morgan fingerprint density at radius 2 is 1.77 bits per heavy atom. The average Bonchev–Trinajstić information content (AvgIpc) is 2.73. The van der Waals surface area contributed by atoms with Gasteiger partial charge in [-0.15, -0.1) is 0 Å². The van der Waals surface area contributed by atoms with Gasteiger partial charge in [0.2, 0.25) is 5.91 Å². The van der Waals surface area contributed by atoms with Gasteiger partial charge in [-0.1, -0.05) is 31.4 Å². The predicted molar refractivity (Wildman–Crippen MR) is 120 cm³/mol. The lowest BCUT2D eigenvalue weighted by molar-refractivity contribution is -0.116.